The van der Waals surface area contributed by atoms with Crippen molar-refractivity contribution in [3.63, 3.8) is 0 Å². The summed E-state index contributed by atoms with van der Waals surface area (Å²) in [6, 6.07) is 0. The van der Waals surface area contributed by atoms with E-state index in [0.717, 1.165) is 38.2 Å². The molecule has 16 heavy (non-hydrogen) atoms. The molecule has 2 nitrogen and oxygen atoms in total. The SMILES string of the molecule is CC(C)(C)C1CCC2(CC1)CC(O)CCO2. The number of aliphatic hydroxyl groups is 1. The Morgan fingerprint density at radius 3 is 2.25 bits per heavy atom. The number of hydrogen-bond donors (Lipinski definition) is 1. The second-order valence-electron chi connectivity index (χ2n) is 6.82. The molecule has 1 unspecified atom stereocenters. The third kappa shape index (κ3) is 2.60. The Hall–Kier alpha value is -0.0800. The molecule has 2 aliphatic rings. The maximum atomic E-state index is 9.77. The minimum absolute atomic E-state index is 0.0272. The first-order valence-electron chi connectivity index (χ1n) is 6.73. The predicted molar refractivity (Wildman–Crippen MR) is 65.3 cm³/mol. The highest BCUT2D eigenvalue weighted by Crippen LogP contribution is 2.45. The highest BCUT2D eigenvalue weighted by atomic mass is 16.5. The molecular formula is C14H26O2. The Bertz CT molecular complexity index is 234. The lowest BCUT2D eigenvalue weighted by Gasteiger charge is -2.46. The van der Waals surface area contributed by atoms with E-state index in [-0.39, 0.29) is 11.7 Å². The number of ether oxygens (including phenoxy) is 1. The van der Waals surface area contributed by atoms with E-state index in [1.54, 1.807) is 0 Å². The standard InChI is InChI=1S/C14H26O2/c1-13(2,3)11-4-7-14(8-5-11)10-12(15)6-9-16-14/h11-12,15H,4-10H2,1-3H3. The van der Waals surface area contributed by atoms with Crippen molar-refractivity contribution in [2.75, 3.05) is 6.61 Å². The van der Waals surface area contributed by atoms with Crippen LogP contribution in [0.15, 0.2) is 0 Å². The zero-order valence-corrected chi connectivity index (χ0v) is 11.0. The van der Waals surface area contributed by atoms with Crippen molar-refractivity contribution in [2.24, 2.45) is 11.3 Å². The van der Waals surface area contributed by atoms with Gasteiger partial charge in [0.25, 0.3) is 0 Å². The molecule has 94 valence electrons. The van der Waals surface area contributed by atoms with E-state index in [4.69, 9.17) is 4.74 Å². The summed E-state index contributed by atoms with van der Waals surface area (Å²) in [5.41, 5.74) is 0.453. The lowest BCUT2D eigenvalue weighted by molar-refractivity contribution is -0.144. The fourth-order valence-corrected chi connectivity index (χ4v) is 3.36. The average molecular weight is 226 g/mol. The predicted octanol–water partition coefficient (Wildman–Crippen LogP) is 3.13. The molecule has 1 heterocycles. The Morgan fingerprint density at radius 2 is 1.75 bits per heavy atom. The summed E-state index contributed by atoms with van der Waals surface area (Å²) >= 11 is 0. The zero-order valence-electron chi connectivity index (χ0n) is 11.0. The number of hydrogen-bond acceptors (Lipinski definition) is 2. The molecule has 0 bridgehead atoms. The van der Waals surface area contributed by atoms with Crippen LogP contribution >= 0.6 is 0 Å². The van der Waals surface area contributed by atoms with Gasteiger partial charge < -0.3 is 9.84 Å². The van der Waals surface area contributed by atoms with Gasteiger partial charge in [0.05, 0.1) is 11.7 Å². The summed E-state index contributed by atoms with van der Waals surface area (Å²) in [5.74, 6) is 0.820. The average Bonchev–Trinajstić information content (AvgIpc) is 2.16. The van der Waals surface area contributed by atoms with Gasteiger partial charge in [-0.15, -0.1) is 0 Å². The van der Waals surface area contributed by atoms with Crippen molar-refractivity contribution in [1.29, 1.82) is 0 Å². The van der Waals surface area contributed by atoms with Crippen LogP contribution < -0.4 is 0 Å². The fraction of sp³-hybridized carbons (Fsp3) is 1.00. The summed E-state index contributed by atoms with van der Waals surface area (Å²) in [7, 11) is 0. The molecule has 0 aromatic carbocycles. The molecular weight excluding hydrogens is 200 g/mol. The van der Waals surface area contributed by atoms with Gasteiger partial charge >= 0.3 is 0 Å². The van der Waals surface area contributed by atoms with E-state index >= 15 is 0 Å². The normalized spacial score (nSPS) is 41.2. The Morgan fingerprint density at radius 1 is 1.12 bits per heavy atom. The first-order chi connectivity index (χ1) is 7.41. The van der Waals surface area contributed by atoms with E-state index in [0.29, 0.717) is 5.41 Å². The third-order valence-electron chi connectivity index (χ3n) is 4.59. The fourth-order valence-electron chi connectivity index (χ4n) is 3.36. The summed E-state index contributed by atoms with van der Waals surface area (Å²) in [6.07, 6.45) is 6.37. The van der Waals surface area contributed by atoms with E-state index in [1.807, 2.05) is 0 Å². The van der Waals surface area contributed by atoms with Crippen LogP contribution in [0.3, 0.4) is 0 Å². The van der Waals surface area contributed by atoms with Gasteiger partial charge in [0, 0.05) is 13.0 Å². The molecule has 0 aromatic heterocycles. The van der Waals surface area contributed by atoms with Gasteiger partial charge in [0.2, 0.25) is 0 Å². The van der Waals surface area contributed by atoms with Crippen molar-refractivity contribution in [2.45, 2.75) is 71.0 Å². The largest absolute Gasteiger partial charge is 0.393 e. The summed E-state index contributed by atoms with van der Waals surface area (Å²) in [5, 5.41) is 9.77. The van der Waals surface area contributed by atoms with Gasteiger partial charge in [0.15, 0.2) is 0 Å². The first kappa shape index (κ1) is 12.4. The monoisotopic (exact) mass is 226 g/mol. The second kappa shape index (κ2) is 4.30. The van der Waals surface area contributed by atoms with Crippen LogP contribution in [0.2, 0.25) is 0 Å². The molecule has 1 N–H and O–H groups in total. The summed E-state index contributed by atoms with van der Waals surface area (Å²) in [6.45, 7) is 7.77. The molecule has 2 fully saturated rings. The van der Waals surface area contributed by atoms with Gasteiger partial charge in [-0.05, 0) is 43.4 Å². The highest BCUT2D eigenvalue weighted by molar-refractivity contribution is 4.93. The smallest absolute Gasteiger partial charge is 0.0707 e. The molecule has 0 radical (unpaired) electrons. The molecule has 2 heteroatoms. The van der Waals surface area contributed by atoms with Gasteiger partial charge in [-0.3, -0.25) is 0 Å². The van der Waals surface area contributed by atoms with Crippen LogP contribution in [0.4, 0.5) is 0 Å². The maximum Gasteiger partial charge on any atom is 0.0707 e. The minimum atomic E-state index is -0.125. The Kier molecular flexibility index (Phi) is 3.33. The molecule has 1 aliphatic carbocycles. The number of rotatable bonds is 0. The quantitative estimate of drug-likeness (QED) is 0.687. The van der Waals surface area contributed by atoms with Gasteiger partial charge in [-0.2, -0.15) is 0 Å². The molecule has 2 rings (SSSR count). The van der Waals surface area contributed by atoms with Crippen molar-refractivity contribution in [1.82, 2.24) is 0 Å². The topological polar surface area (TPSA) is 29.5 Å². The van der Waals surface area contributed by atoms with Crippen LogP contribution in [0.25, 0.3) is 0 Å². The van der Waals surface area contributed by atoms with Gasteiger partial charge in [0.1, 0.15) is 0 Å². The molecule has 1 saturated carbocycles. The highest BCUT2D eigenvalue weighted by Gasteiger charge is 2.42. The summed E-state index contributed by atoms with van der Waals surface area (Å²) in [4.78, 5) is 0. The van der Waals surface area contributed by atoms with E-state index < -0.39 is 0 Å². The van der Waals surface area contributed by atoms with Crippen molar-refractivity contribution >= 4 is 0 Å². The van der Waals surface area contributed by atoms with Gasteiger partial charge in [-0.25, -0.2) is 0 Å². The molecule has 0 aromatic rings. The summed E-state index contributed by atoms with van der Waals surface area (Å²) < 4.78 is 5.98. The lowest BCUT2D eigenvalue weighted by Crippen LogP contribution is -2.45. The molecule has 0 amide bonds. The second-order valence-corrected chi connectivity index (χ2v) is 6.82. The Labute approximate surface area is 99.4 Å². The molecule has 1 saturated heterocycles. The first-order valence-corrected chi connectivity index (χ1v) is 6.73. The van der Waals surface area contributed by atoms with Crippen molar-refractivity contribution in [3.8, 4) is 0 Å². The van der Waals surface area contributed by atoms with Crippen LogP contribution in [0.5, 0.6) is 0 Å². The molecule has 1 aliphatic heterocycles. The minimum Gasteiger partial charge on any atom is -0.393 e. The molecule has 1 spiro atoms. The van der Waals surface area contributed by atoms with Crippen LogP contribution in [-0.2, 0) is 4.74 Å². The van der Waals surface area contributed by atoms with Crippen LogP contribution in [0, 0.1) is 11.3 Å². The van der Waals surface area contributed by atoms with E-state index in [2.05, 4.69) is 20.8 Å². The zero-order chi connectivity index (χ0) is 11.8. The van der Waals surface area contributed by atoms with Crippen LogP contribution in [-0.4, -0.2) is 23.4 Å². The maximum absolute atomic E-state index is 9.77. The third-order valence-corrected chi connectivity index (χ3v) is 4.59. The Balaban J connectivity index is 1.93. The number of aliphatic hydroxyl groups excluding tert-OH is 1. The lowest BCUT2D eigenvalue weighted by atomic mass is 9.67. The van der Waals surface area contributed by atoms with E-state index in [9.17, 15) is 5.11 Å². The van der Waals surface area contributed by atoms with Crippen molar-refractivity contribution in [3.05, 3.63) is 0 Å². The van der Waals surface area contributed by atoms with Crippen LogP contribution in [0.1, 0.15) is 59.3 Å². The molecule has 1 atom stereocenters. The van der Waals surface area contributed by atoms with Gasteiger partial charge in [-0.1, -0.05) is 20.8 Å². The van der Waals surface area contributed by atoms with E-state index in [1.165, 1.54) is 12.8 Å². The van der Waals surface area contributed by atoms with Crippen molar-refractivity contribution < 1.29 is 9.84 Å².